The molecule has 1 N–H and O–H groups in total. The molecule has 0 aliphatic rings. The summed E-state index contributed by atoms with van der Waals surface area (Å²) >= 11 is 0. The number of ether oxygens (including phenoxy) is 2. The molecule has 30 heavy (non-hydrogen) atoms. The van der Waals surface area contributed by atoms with E-state index in [0.717, 1.165) is 18.4 Å². The zero-order valence-electron chi connectivity index (χ0n) is 19.2. The molecule has 0 bridgehead atoms. The number of hydrogen-bond acceptors (Lipinski definition) is 4. The van der Waals surface area contributed by atoms with Gasteiger partial charge in [-0.05, 0) is 12.0 Å². The molecule has 1 aromatic rings. The Labute approximate surface area is 184 Å². The normalized spacial score (nSPS) is 12.1. The van der Waals surface area contributed by atoms with Gasteiger partial charge in [0.05, 0.1) is 13.2 Å². The summed E-state index contributed by atoms with van der Waals surface area (Å²) in [5, 5.41) is 9.86. The molecule has 0 aliphatic heterocycles. The van der Waals surface area contributed by atoms with E-state index in [1.807, 2.05) is 30.3 Å². The van der Waals surface area contributed by atoms with Crippen molar-refractivity contribution in [3.63, 3.8) is 0 Å². The van der Waals surface area contributed by atoms with Crippen LogP contribution >= 0.6 is 0 Å². The van der Waals surface area contributed by atoms with E-state index in [-0.39, 0.29) is 19.2 Å². The first-order valence-electron chi connectivity index (χ1n) is 12.2. The fourth-order valence-electron chi connectivity index (χ4n) is 3.48. The molecule has 0 fully saturated rings. The minimum atomic E-state index is -0.774. The van der Waals surface area contributed by atoms with Crippen molar-refractivity contribution in [2.45, 2.75) is 110 Å². The van der Waals surface area contributed by atoms with Gasteiger partial charge in [0.15, 0.2) is 0 Å². The second-order valence-corrected chi connectivity index (χ2v) is 8.33. The predicted molar refractivity (Wildman–Crippen MR) is 123 cm³/mol. The Hall–Kier alpha value is -1.39. The van der Waals surface area contributed by atoms with Crippen LogP contribution in [0.5, 0.6) is 0 Å². The van der Waals surface area contributed by atoms with Gasteiger partial charge < -0.3 is 14.6 Å². The highest BCUT2D eigenvalue weighted by Gasteiger charge is 2.09. The highest BCUT2D eigenvalue weighted by atomic mass is 16.5. The van der Waals surface area contributed by atoms with Crippen molar-refractivity contribution in [1.29, 1.82) is 0 Å². The highest BCUT2D eigenvalue weighted by molar-refractivity contribution is 5.69. The number of aliphatic hydroxyl groups is 1. The van der Waals surface area contributed by atoms with E-state index in [4.69, 9.17) is 9.47 Å². The summed E-state index contributed by atoms with van der Waals surface area (Å²) in [6, 6.07) is 9.81. The Kier molecular flexibility index (Phi) is 17.4. The quantitative estimate of drug-likeness (QED) is 0.191. The molecule has 0 spiro atoms. The summed E-state index contributed by atoms with van der Waals surface area (Å²) in [4.78, 5) is 11.8. The number of carbonyl (C=O) groups is 1. The molecule has 0 radical (unpaired) electrons. The molecule has 0 heterocycles. The van der Waals surface area contributed by atoms with Gasteiger partial charge >= 0.3 is 5.97 Å². The van der Waals surface area contributed by atoms with Crippen molar-refractivity contribution < 1.29 is 19.4 Å². The third-order valence-electron chi connectivity index (χ3n) is 5.34. The first-order valence-corrected chi connectivity index (χ1v) is 12.2. The lowest BCUT2D eigenvalue weighted by atomic mass is 10.0. The molecule has 0 saturated heterocycles. The lowest BCUT2D eigenvalue weighted by molar-refractivity contribution is -0.148. The van der Waals surface area contributed by atoms with Gasteiger partial charge in [0.25, 0.3) is 0 Å². The number of hydrogen-bond donors (Lipinski definition) is 1. The van der Waals surface area contributed by atoms with E-state index >= 15 is 0 Å². The van der Waals surface area contributed by atoms with E-state index in [9.17, 15) is 9.90 Å². The van der Waals surface area contributed by atoms with Crippen LogP contribution in [0.25, 0.3) is 0 Å². The molecule has 0 amide bonds. The molecule has 1 aromatic carbocycles. The van der Waals surface area contributed by atoms with Crippen molar-refractivity contribution in [3.05, 3.63) is 35.9 Å². The van der Waals surface area contributed by atoms with Gasteiger partial charge in [0, 0.05) is 6.42 Å². The van der Waals surface area contributed by atoms with Gasteiger partial charge in [-0.15, -0.1) is 0 Å². The molecule has 0 saturated carbocycles. The van der Waals surface area contributed by atoms with Gasteiger partial charge in [-0.3, -0.25) is 4.79 Å². The van der Waals surface area contributed by atoms with Gasteiger partial charge in [-0.1, -0.05) is 114 Å². The lowest BCUT2D eigenvalue weighted by Gasteiger charge is -2.12. The number of esters is 1. The Morgan fingerprint density at radius 3 is 1.90 bits per heavy atom. The van der Waals surface area contributed by atoms with Crippen LogP contribution in [-0.4, -0.2) is 30.4 Å². The fraction of sp³-hybridized carbons (Fsp3) is 0.731. The highest BCUT2D eigenvalue weighted by Crippen LogP contribution is 2.13. The maximum absolute atomic E-state index is 11.8. The average Bonchev–Trinajstić information content (AvgIpc) is 2.76. The molecule has 1 atom stereocenters. The first kappa shape index (κ1) is 26.6. The van der Waals surface area contributed by atoms with E-state index < -0.39 is 6.10 Å². The van der Waals surface area contributed by atoms with Crippen LogP contribution in [0.2, 0.25) is 0 Å². The molecule has 0 unspecified atom stereocenters. The van der Waals surface area contributed by atoms with Gasteiger partial charge in [0.2, 0.25) is 0 Å². The smallest absolute Gasteiger partial charge is 0.305 e. The minimum absolute atomic E-state index is 0.00602. The molecular weight excluding hydrogens is 376 g/mol. The van der Waals surface area contributed by atoms with Crippen LogP contribution in [0.3, 0.4) is 0 Å². The predicted octanol–water partition coefficient (Wildman–Crippen LogP) is 6.59. The van der Waals surface area contributed by atoms with E-state index in [0.29, 0.717) is 13.0 Å². The van der Waals surface area contributed by atoms with Gasteiger partial charge in [-0.25, -0.2) is 0 Å². The van der Waals surface area contributed by atoms with Crippen LogP contribution in [0.4, 0.5) is 0 Å². The topological polar surface area (TPSA) is 55.8 Å². The van der Waals surface area contributed by atoms with Crippen molar-refractivity contribution in [1.82, 2.24) is 0 Å². The summed E-state index contributed by atoms with van der Waals surface area (Å²) in [7, 11) is 0. The van der Waals surface area contributed by atoms with E-state index in [1.165, 1.54) is 70.6 Å². The molecule has 4 nitrogen and oxygen atoms in total. The number of unbranched alkanes of at least 4 members (excludes halogenated alkanes) is 12. The standard InChI is InChI=1S/C26H44O4/c1-2-3-4-5-6-7-8-9-10-11-12-13-17-20-26(28)30-23-25(27)22-29-21-24-18-15-14-16-19-24/h14-16,18-19,25,27H,2-13,17,20-23H2,1H3/t25-/m0/s1. The van der Waals surface area contributed by atoms with Gasteiger partial charge in [-0.2, -0.15) is 0 Å². The van der Waals surface area contributed by atoms with Gasteiger partial charge in [0.1, 0.15) is 12.7 Å². The Balaban J connectivity index is 1.83. The van der Waals surface area contributed by atoms with Crippen molar-refractivity contribution in [2.75, 3.05) is 13.2 Å². The van der Waals surface area contributed by atoms with E-state index in [1.54, 1.807) is 0 Å². The second-order valence-electron chi connectivity index (χ2n) is 8.33. The third kappa shape index (κ3) is 16.4. The third-order valence-corrected chi connectivity index (χ3v) is 5.34. The molecule has 0 aliphatic carbocycles. The summed E-state index contributed by atoms with van der Waals surface area (Å²) < 4.78 is 10.6. The zero-order valence-corrected chi connectivity index (χ0v) is 19.2. The number of carbonyl (C=O) groups excluding carboxylic acids is 1. The first-order chi connectivity index (χ1) is 14.7. The zero-order chi connectivity index (χ0) is 21.7. The second kappa shape index (κ2) is 19.6. The van der Waals surface area contributed by atoms with Crippen LogP contribution in [0.15, 0.2) is 30.3 Å². The number of benzene rings is 1. The monoisotopic (exact) mass is 420 g/mol. The summed E-state index contributed by atoms with van der Waals surface area (Å²) in [5.74, 6) is -0.222. The minimum Gasteiger partial charge on any atom is -0.463 e. The Bertz CT molecular complexity index is 503. The molecule has 1 rings (SSSR count). The summed E-state index contributed by atoms with van der Waals surface area (Å²) in [6.45, 7) is 2.88. The summed E-state index contributed by atoms with van der Waals surface area (Å²) in [5.41, 5.74) is 1.06. The molecule has 172 valence electrons. The molecule has 4 heteroatoms. The maximum Gasteiger partial charge on any atom is 0.305 e. The Morgan fingerprint density at radius 1 is 0.800 bits per heavy atom. The van der Waals surface area contributed by atoms with Crippen molar-refractivity contribution in [3.8, 4) is 0 Å². The summed E-state index contributed by atoms with van der Waals surface area (Å²) in [6.07, 6.45) is 16.4. The largest absolute Gasteiger partial charge is 0.463 e. The van der Waals surface area contributed by atoms with Crippen LogP contribution in [-0.2, 0) is 20.9 Å². The molecular formula is C26H44O4. The molecule has 0 aromatic heterocycles. The number of aliphatic hydroxyl groups excluding tert-OH is 1. The number of rotatable bonds is 20. The average molecular weight is 421 g/mol. The van der Waals surface area contributed by atoms with Crippen LogP contribution in [0, 0.1) is 0 Å². The SMILES string of the molecule is CCCCCCCCCCCCCCCC(=O)OC[C@@H](O)COCc1ccccc1. The maximum atomic E-state index is 11.8. The van der Waals surface area contributed by atoms with E-state index in [2.05, 4.69) is 6.92 Å². The lowest BCUT2D eigenvalue weighted by Crippen LogP contribution is -2.23. The van der Waals surface area contributed by atoms with Crippen LogP contribution < -0.4 is 0 Å². The van der Waals surface area contributed by atoms with Crippen molar-refractivity contribution >= 4 is 5.97 Å². The Morgan fingerprint density at radius 2 is 1.33 bits per heavy atom. The van der Waals surface area contributed by atoms with Crippen molar-refractivity contribution in [2.24, 2.45) is 0 Å². The van der Waals surface area contributed by atoms with Crippen LogP contribution in [0.1, 0.15) is 102 Å². The fourth-order valence-corrected chi connectivity index (χ4v) is 3.48.